The Balaban J connectivity index is 1.80. The maximum absolute atomic E-state index is 12.1. The van der Waals surface area contributed by atoms with Gasteiger partial charge >= 0.3 is 0 Å². The monoisotopic (exact) mass is 267 g/mol. The van der Waals surface area contributed by atoms with Gasteiger partial charge in [-0.05, 0) is 25.7 Å². The van der Waals surface area contributed by atoms with Crippen LogP contribution in [0.5, 0.6) is 0 Å². The molecule has 2 N–H and O–H groups in total. The third kappa shape index (κ3) is 4.04. The molecule has 1 saturated heterocycles. The maximum atomic E-state index is 12.1. The summed E-state index contributed by atoms with van der Waals surface area (Å²) in [7, 11) is 0. The van der Waals surface area contributed by atoms with E-state index in [-0.39, 0.29) is 11.9 Å². The predicted molar refractivity (Wildman–Crippen MR) is 70.9 cm³/mol. The highest BCUT2D eigenvalue weighted by atomic mass is 16.5. The molecule has 1 aliphatic heterocycles. The number of nitrogens with zero attached hydrogens (tertiary/aromatic N) is 1. The van der Waals surface area contributed by atoms with Gasteiger partial charge in [-0.1, -0.05) is 12.1 Å². The zero-order valence-corrected chi connectivity index (χ0v) is 11.4. The first-order valence-electron chi connectivity index (χ1n) is 6.74. The first-order valence-corrected chi connectivity index (χ1v) is 6.74. The van der Waals surface area contributed by atoms with Crippen LogP contribution in [0.3, 0.4) is 0 Å². The summed E-state index contributed by atoms with van der Waals surface area (Å²) in [5.74, 6) is 1.58. The average molecular weight is 267 g/mol. The molecule has 1 aromatic rings. The number of ether oxygens (including phenoxy) is 1. The number of aromatic nitrogens is 1. The van der Waals surface area contributed by atoms with Crippen molar-refractivity contribution in [1.29, 1.82) is 0 Å². The van der Waals surface area contributed by atoms with Crippen LogP contribution in [-0.4, -0.2) is 36.9 Å². The van der Waals surface area contributed by atoms with Crippen molar-refractivity contribution < 1.29 is 14.1 Å². The van der Waals surface area contributed by atoms with Crippen molar-refractivity contribution in [3.8, 4) is 0 Å². The van der Waals surface area contributed by atoms with Crippen LogP contribution in [0.25, 0.3) is 0 Å². The van der Waals surface area contributed by atoms with Crippen molar-refractivity contribution >= 4 is 11.7 Å². The molecule has 1 amide bonds. The summed E-state index contributed by atoms with van der Waals surface area (Å²) in [5, 5.41) is 9.79. The van der Waals surface area contributed by atoms with Gasteiger partial charge < -0.3 is 19.9 Å². The van der Waals surface area contributed by atoms with E-state index in [4.69, 9.17) is 9.26 Å². The zero-order valence-electron chi connectivity index (χ0n) is 11.4. The van der Waals surface area contributed by atoms with Crippen LogP contribution in [0, 0.1) is 12.8 Å². The van der Waals surface area contributed by atoms with Crippen molar-refractivity contribution in [1.82, 2.24) is 10.5 Å². The van der Waals surface area contributed by atoms with Crippen molar-refractivity contribution in [3.63, 3.8) is 0 Å². The molecule has 1 aromatic heterocycles. The molecule has 0 radical (unpaired) electrons. The fourth-order valence-corrected chi connectivity index (χ4v) is 2.11. The minimum absolute atomic E-state index is 0.0743. The highest BCUT2D eigenvalue weighted by Crippen LogP contribution is 2.12. The van der Waals surface area contributed by atoms with E-state index >= 15 is 0 Å². The second-order valence-corrected chi connectivity index (χ2v) is 4.91. The molecule has 6 heteroatoms. The molecule has 6 nitrogen and oxygen atoms in total. The summed E-state index contributed by atoms with van der Waals surface area (Å²) in [6, 6.07) is 1.49. The Morgan fingerprint density at radius 3 is 3.05 bits per heavy atom. The fraction of sp³-hybridized carbons (Fsp3) is 0.692. The van der Waals surface area contributed by atoms with Gasteiger partial charge in [-0.15, -0.1) is 0 Å². The van der Waals surface area contributed by atoms with Crippen LogP contribution in [0.4, 0.5) is 5.82 Å². The molecule has 2 rings (SSSR count). The van der Waals surface area contributed by atoms with Crippen LogP contribution in [0.1, 0.15) is 25.5 Å². The fourth-order valence-electron chi connectivity index (χ4n) is 2.11. The van der Waals surface area contributed by atoms with E-state index in [2.05, 4.69) is 15.8 Å². The molecule has 0 aromatic carbocycles. The Morgan fingerprint density at radius 1 is 1.63 bits per heavy atom. The molecule has 2 atom stereocenters. The smallest absolute Gasteiger partial charge is 0.242 e. The van der Waals surface area contributed by atoms with Gasteiger partial charge in [0.25, 0.3) is 0 Å². The number of carbonyl (C=O) groups excluding carboxylic acids is 1. The normalized spacial score (nSPS) is 20.4. The SMILES string of the molecule is CC[C@@H](NC[C@@H]1CCOC1)C(=O)Nc1cc(C)on1. The highest BCUT2D eigenvalue weighted by molar-refractivity contribution is 5.93. The largest absolute Gasteiger partial charge is 0.381 e. The molecule has 0 bridgehead atoms. The standard InChI is InChI=1S/C13H21N3O3/c1-3-11(14-7-10-4-5-18-8-10)13(17)15-12-6-9(2)19-16-12/h6,10-11,14H,3-5,7-8H2,1-2H3,(H,15,16,17)/t10-,11+/m0/s1. The molecule has 1 fully saturated rings. The van der Waals surface area contributed by atoms with Crippen molar-refractivity contribution in [2.24, 2.45) is 5.92 Å². The molecule has 0 spiro atoms. The van der Waals surface area contributed by atoms with Crippen molar-refractivity contribution in [3.05, 3.63) is 11.8 Å². The minimum atomic E-state index is -0.211. The molecule has 1 aliphatic rings. The predicted octanol–water partition coefficient (Wildman–Crippen LogP) is 1.33. The third-order valence-electron chi connectivity index (χ3n) is 3.28. The molecule has 0 aliphatic carbocycles. The van der Waals surface area contributed by atoms with Gasteiger partial charge in [0, 0.05) is 19.2 Å². The number of rotatable bonds is 6. The van der Waals surface area contributed by atoms with Crippen LogP contribution >= 0.6 is 0 Å². The summed E-state index contributed by atoms with van der Waals surface area (Å²) in [6.45, 7) is 6.19. The number of carbonyl (C=O) groups is 1. The summed E-state index contributed by atoms with van der Waals surface area (Å²) >= 11 is 0. The quantitative estimate of drug-likeness (QED) is 0.813. The zero-order chi connectivity index (χ0) is 13.7. The lowest BCUT2D eigenvalue weighted by atomic mass is 10.1. The van der Waals surface area contributed by atoms with E-state index in [0.717, 1.165) is 32.6 Å². The second-order valence-electron chi connectivity index (χ2n) is 4.91. The Morgan fingerprint density at radius 2 is 2.47 bits per heavy atom. The van der Waals surface area contributed by atoms with Crippen molar-refractivity contribution in [2.45, 2.75) is 32.7 Å². The molecule has 106 valence electrons. The maximum Gasteiger partial charge on any atom is 0.242 e. The molecular weight excluding hydrogens is 246 g/mol. The first kappa shape index (κ1) is 14.0. The second kappa shape index (κ2) is 6.68. The summed E-state index contributed by atoms with van der Waals surface area (Å²) in [5.41, 5.74) is 0. The topological polar surface area (TPSA) is 76.4 Å². The Kier molecular flexibility index (Phi) is 4.93. The summed E-state index contributed by atoms with van der Waals surface area (Å²) in [4.78, 5) is 12.1. The van der Waals surface area contributed by atoms with Gasteiger partial charge in [-0.2, -0.15) is 0 Å². The number of hydrogen-bond donors (Lipinski definition) is 2. The van der Waals surface area contributed by atoms with Gasteiger partial charge in [0.1, 0.15) is 5.76 Å². The summed E-state index contributed by atoms with van der Waals surface area (Å²) in [6.07, 6.45) is 1.80. The average Bonchev–Trinajstić information content (AvgIpc) is 3.02. The lowest BCUT2D eigenvalue weighted by molar-refractivity contribution is -0.118. The van der Waals surface area contributed by atoms with Crippen LogP contribution in [0.2, 0.25) is 0 Å². The lowest BCUT2D eigenvalue weighted by Gasteiger charge is -2.17. The van der Waals surface area contributed by atoms with E-state index in [1.807, 2.05) is 6.92 Å². The van der Waals surface area contributed by atoms with E-state index in [0.29, 0.717) is 17.5 Å². The van der Waals surface area contributed by atoms with Crippen LogP contribution in [-0.2, 0) is 9.53 Å². The van der Waals surface area contributed by atoms with Gasteiger partial charge in [0.15, 0.2) is 5.82 Å². The number of hydrogen-bond acceptors (Lipinski definition) is 5. The number of anilines is 1. The molecule has 19 heavy (non-hydrogen) atoms. The molecule has 0 unspecified atom stereocenters. The molecule has 2 heterocycles. The Hall–Kier alpha value is -1.40. The van der Waals surface area contributed by atoms with E-state index < -0.39 is 0 Å². The van der Waals surface area contributed by atoms with Gasteiger partial charge in [0.05, 0.1) is 12.6 Å². The first-order chi connectivity index (χ1) is 9.19. The Bertz CT molecular complexity index is 413. The number of nitrogens with one attached hydrogen (secondary N) is 2. The van der Waals surface area contributed by atoms with Crippen molar-refractivity contribution in [2.75, 3.05) is 25.1 Å². The molecular formula is C13H21N3O3. The van der Waals surface area contributed by atoms with Crippen LogP contribution < -0.4 is 10.6 Å². The van der Waals surface area contributed by atoms with E-state index in [1.165, 1.54) is 0 Å². The van der Waals surface area contributed by atoms with Crippen LogP contribution in [0.15, 0.2) is 10.6 Å². The van der Waals surface area contributed by atoms with Gasteiger partial charge in [-0.3, -0.25) is 4.79 Å². The van der Waals surface area contributed by atoms with E-state index in [1.54, 1.807) is 13.0 Å². The van der Waals surface area contributed by atoms with E-state index in [9.17, 15) is 4.79 Å². The minimum Gasteiger partial charge on any atom is -0.381 e. The van der Waals surface area contributed by atoms with Gasteiger partial charge in [0.2, 0.25) is 5.91 Å². The lowest BCUT2D eigenvalue weighted by Crippen LogP contribution is -2.42. The third-order valence-corrected chi connectivity index (χ3v) is 3.28. The Labute approximate surface area is 112 Å². The highest BCUT2D eigenvalue weighted by Gasteiger charge is 2.21. The summed E-state index contributed by atoms with van der Waals surface area (Å²) < 4.78 is 10.2. The van der Waals surface area contributed by atoms with Gasteiger partial charge in [-0.25, -0.2) is 0 Å². The molecule has 0 saturated carbocycles. The number of amides is 1. The number of aryl methyl sites for hydroxylation is 1.